The molecule has 3 aromatic heterocycles. The zero-order valence-electron chi connectivity index (χ0n) is 49.2. The number of aromatic nitrogens is 4. The number of hydrogen-bond acceptors (Lipinski definition) is 16. The van der Waals surface area contributed by atoms with Gasteiger partial charge < -0.3 is 65.0 Å². The quantitative estimate of drug-likeness (QED) is 0.0259. The molecule has 6 amide bonds. The van der Waals surface area contributed by atoms with Gasteiger partial charge in [0.25, 0.3) is 5.56 Å². The monoisotopic (exact) mass is 1180 g/mol. The van der Waals surface area contributed by atoms with Gasteiger partial charge in [0.15, 0.2) is 0 Å². The first-order valence-corrected chi connectivity index (χ1v) is 29.2. The summed E-state index contributed by atoms with van der Waals surface area (Å²) < 4.78 is 33.6. The summed E-state index contributed by atoms with van der Waals surface area (Å²) in [6.07, 6.45) is 8.57. The lowest BCUT2D eigenvalue weighted by Gasteiger charge is -2.19. The summed E-state index contributed by atoms with van der Waals surface area (Å²) in [4.78, 5) is 99.5. The molecule has 2 aromatic carbocycles. The van der Waals surface area contributed by atoms with Crippen molar-refractivity contribution >= 4 is 52.2 Å². The Kier molecular flexibility index (Phi) is 31.8. The van der Waals surface area contributed by atoms with Crippen molar-refractivity contribution in [2.45, 2.75) is 104 Å². The fourth-order valence-electron chi connectivity index (χ4n) is 8.72. The van der Waals surface area contributed by atoms with E-state index in [0.29, 0.717) is 160 Å². The van der Waals surface area contributed by atoms with Crippen LogP contribution in [0.3, 0.4) is 0 Å². The Morgan fingerprint density at radius 1 is 0.635 bits per heavy atom. The van der Waals surface area contributed by atoms with Crippen LogP contribution in [0.2, 0.25) is 0 Å². The summed E-state index contributed by atoms with van der Waals surface area (Å²) in [6.45, 7) is 10.2. The van der Waals surface area contributed by atoms with Gasteiger partial charge in [0.1, 0.15) is 6.04 Å². The fourth-order valence-corrected chi connectivity index (χ4v) is 8.72. The molecule has 0 saturated heterocycles. The first-order chi connectivity index (χ1) is 41.5. The third kappa shape index (κ3) is 25.6. The Morgan fingerprint density at radius 2 is 1.27 bits per heavy atom. The molecule has 24 nitrogen and oxygen atoms in total. The Balaban J connectivity index is 0.00000653. The molecule has 6 rings (SSSR count). The number of ether oxygens (including phenoxy) is 6. The molecule has 24 heteroatoms. The second-order valence-corrected chi connectivity index (χ2v) is 19.5. The molecule has 4 heterocycles. The lowest BCUT2D eigenvalue weighted by Crippen LogP contribution is -2.49. The molecular formula is C61H84N10O14. The summed E-state index contributed by atoms with van der Waals surface area (Å²) >= 11 is 0. The number of hydrogen-bond donors (Lipinski definition) is 6. The van der Waals surface area contributed by atoms with Gasteiger partial charge in [-0.3, -0.25) is 38.7 Å². The van der Waals surface area contributed by atoms with Crippen molar-refractivity contribution in [3.63, 3.8) is 0 Å². The molecule has 0 spiro atoms. The van der Waals surface area contributed by atoms with Crippen LogP contribution in [0.1, 0.15) is 89.2 Å². The van der Waals surface area contributed by atoms with E-state index < -0.39 is 36.3 Å². The third-order valence-electron chi connectivity index (χ3n) is 13.2. The molecule has 5 aromatic rings. The van der Waals surface area contributed by atoms with Crippen molar-refractivity contribution in [3.05, 3.63) is 107 Å². The highest BCUT2D eigenvalue weighted by atomic mass is 16.6. The van der Waals surface area contributed by atoms with Crippen LogP contribution >= 0.6 is 0 Å². The van der Waals surface area contributed by atoms with Crippen LogP contribution < -0.4 is 32.1 Å². The van der Waals surface area contributed by atoms with E-state index in [1.54, 1.807) is 36.7 Å². The molecule has 1 atom stereocenters. The van der Waals surface area contributed by atoms with Crippen LogP contribution in [0.25, 0.3) is 33.3 Å². The minimum Gasteiger partial charge on any atom is -0.481 e. The highest BCUT2D eigenvalue weighted by molar-refractivity contribution is 5.91. The van der Waals surface area contributed by atoms with Gasteiger partial charge in [-0.05, 0) is 85.2 Å². The van der Waals surface area contributed by atoms with Crippen molar-refractivity contribution in [2.24, 2.45) is 0 Å². The number of carbonyl (C=O) groups is 6. The first kappa shape index (κ1) is 68.0. The molecular weight excluding hydrogens is 1100 g/mol. The maximum absolute atomic E-state index is 14.1. The Bertz CT molecular complexity index is 2880. The number of anilines is 1. The Labute approximate surface area is 496 Å². The number of carbonyl (C=O) groups excluding carboxylic acids is 5. The van der Waals surface area contributed by atoms with Crippen LogP contribution in [0, 0.1) is 0 Å². The number of nitrogens with zero attached hydrogens (tertiary/aromatic N) is 5. The second-order valence-electron chi connectivity index (χ2n) is 19.5. The average Bonchev–Trinajstić information content (AvgIpc) is 2.97. The normalized spacial score (nSPS) is 12.0. The molecule has 0 saturated carbocycles. The van der Waals surface area contributed by atoms with Crippen LogP contribution in [-0.4, -0.2) is 171 Å². The molecule has 0 radical (unpaired) electrons. The van der Waals surface area contributed by atoms with E-state index in [9.17, 15) is 33.6 Å². The molecule has 0 fully saturated rings. The van der Waals surface area contributed by atoms with E-state index in [1.807, 2.05) is 74.5 Å². The number of carboxylic acid groups (broad SMARTS) is 1. The summed E-state index contributed by atoms with van der Waals surface area (Å²) in [5.41, 5.74) is 5.68. The number of nitrogens with one attached hydrogen (secondary N) is 5. The van der Waals surface area contributed by atoms with E-state index >= 15 is 0 Å². The largest absolute Gasteiger partial charge is 0.481 e. The van der Waals surface area contributed by atoms with Crippen molar-refractivity contribution < 1.29 is 62.3 Å². The predicted molar refractivity (Wildman–Crippen MR) is 319 cm³/mol. The molecule has 85 heavy (non-hydrogen) atoms. The summed E-state index contributed by atoms with van der Waals surface area (Å²) in [5.74, 6) is -2.98. The number of rotatable bonds is 40. The molecule has 0 unspecified atom stereocenters. The van der Waals surface area contributed by atoms with Gasteiger partial charge in [0.2, 0.25) is 23.6 Å². The van der Waals surface area contributed by atoms with Crippen LogP contribution in [0.4, 0.5) is 10.5 Å². The number of urea groups is 1. The summed E-state index contributed by atoms with van der Waals surface area (Å²) in [7, 11) is 1.62. The lowest BCUT2D eigenvalue weighted by molar-refractivity contribution is -0.139. The minimum absolute atomic E-state index is 0.154. The maximum Gasteiger partial charge on any atom is 0.322 e. The first-order valence-electron chi connectivity index (χ1n) is 29.2. The number of pyridine rings is 2. The lowest BCUT2D eigenvalue weighted by atomic mass is 10.0. The molecule has 1 aliphatic heterocycles. The summed E-state index contributed by atoms with van der Waals surface area (Å²) in [6, 6.07) is 19.4. The van der Waals surface area contributed by atoms with Crippen LogP contribution in [-0.2, 0) is 72.0 Å². The van der Waals surface area contributed by atoms with E-state index in [2.05, 4.69) is 36.6 Å². The molecule has 1 aliphatic rings. The maximum atomic E-state index is 14.1. The Hall–Kier alpha value is -7.74. The predicted octanol–water partition coefficient (Wildman–Crippen LogP) is 5.64. The zero-order chi connectivity index (χ0) is 60.9. The molecule has 6 N–H and O–H groups in total. The van der Waals surface area contributed by atoms with Crippen LogP contribution in [0.5, 0.6) is 0 Å². The van der Waals surface area contributed by atoms with Crippen molar-refractivity contribution in [2.75, 3.05) is 105 Å². The zero-order valence-corrected chi connectivity index (χ0v) is 49.2. The van der Waals surface area contributed by atoms with Crippen molar-refractivity contribution in [1.82, 2.24) is 45.9 Å². The SMILES string of the molecule is CC.COCCOCCOCCOCCOCCOCCC(=O)NCCCC[C@H](NC(=O)CNC(=O)CCC(=O)O)C(=O)NCCCCCCn1nc(-c2ccc(NC(=O)N3Cc4ccncc4C3)cc2)cc(-c2ccc3cccnc3c2)c1=O. The van der Waals surface area contributed by atoms with Gasteiger partial charge in [-0.1, -0.05) is 57.0 Å². The molecule has 0 bridgehead atoms. The highest BCUT2D eigenvalue weighted by Gasteiger charge is 2.24. The number of benzene rings is 2. The highest BCUT2D eigenvalue weighted by Crippen LogP contribution is 2.27. The van der Waals surface area contributed by atoms with Gasteiger partial charge in [-0.25, -0.2) is 9.48 Å². The number of carboxylic acids is 1. The van der Waals surface area contributed by atoms with E-state index in [0.717, 1.165) is 27.6 Å². The summed E-state index contributed by atoms with van der Waals surface area (Å²) in [5, 5.41) is 28.4. The van der Waals surface area contributed by atoms with Gasteiger partial charge >= 0.3 is 12.0 Å². The van der Waals surface area contributed by atoms with E-state index in [-0.39, 0.29) is 49.8 Å². The number of unbranched alkanes of at least 4 members (excludes halogenated alkanes) is 4. The van der Waals surface area contributed by atoms with E-state index in [4.69, 9.17) is 38.6 Å². The standard InChI is InChI=1S/C59H78N10O14.C2H6/c1-78-27-28-80-31-32-82-35-36-83-34-33-81-30-29-79-26-20-54(71)62-21-6-4-10-50(66-55(72)40-64-53(70)17-18-56(73)74)57(75)63-22-5-2-3-7-25-69-58(76)49(45-12-11-43-9-8-23-61-51(43)37-45)38-52(67-69)44-13-15-48(16-14-44)65-59(77)68-41-46-19-24-60-39-47(46)42-68;1-2/h8-9,11-16,19,23-24,37-39,50H,2-7,10,17-18,20-22,25-36,40-42H2,1H3,(H,62,71)(H,63,75)(H,64,70)(H,65,77)(H,66,72)(H,73,74);1-2H3/t50-;/m0./s1. The Morgan fingerprint density at radius 3 is 1.96 bits per heavy atom. The third-order valence-corrected chi connectivity index (χ3v) is 13.2. The number of aliphatic carboxylic acids is 1. The minimum atomic E-state index is -1.14. The number of aryl methyl sites for hydroxylation is 1. The molecule has 0 aliphatic carbocycles. The number of methoxy groups -OCH3 is 1. The number of fused-ring (bicyclic) bond motifs is 2. The van der Waals surface area contributed by atoms with Gasteiger partial charge in [0, 0.05) is 87.9 Å². The van der Waals surface area contributed by atoms with Gasteiger partial charge in [-0.15, -0.1) is 0 Å². The van der Waals surface area contributed by atoms with E-state index in [1.165, 1.54) is 4.68 Å². The topological polar surface area (TPSA) is 302 Å². The van der Waals surface area contributed by atoms with Crippen molar-refractivity contribution in [3.8, 4) is 22.4 Å². The van der Waals surface area contributed by atoms with Gasteiger partial charge in [0.05, 0.1) is 102 Å². The van der Waals surface area contributed by atoms with Crippen molar-refractivity contribution in [1.29, 1.82) is 0 Å². The van der Waals surface area contributed by atoms with Gasteiger partial charge in [-0.2, -0.15) is 5.10 Å². The number of amides is 6. The average molecular weight is 1180 g/mol. The second kappa shape index (κ2) is 39.7. The fraction of sp³-hybridized carbons (Fsp3) is 0.508. The smallest absolute Gasteiger partial charge is 0.322 e. The molecule has 462 valence electrons. The van der Waals surface area contributed by atoms with Crippen LogP contribution in [0.15, 0.2) is 90.1 Å².